The number of para-hydroxylation sites is 1. The molecule has 0 aliphatic carbocycles. The van der Waals surface area contributed by atoms with Crippen LogP contribution in [0, 0.1) is 5.92 Å². The molecule has 0 spiro atoms. The Morgan fingerprint density at radius 3 is 2.61 bits per heavy atom. The molecule has 15 heteroatoms. The summed E-state index contributed by atoms with van der Waals surface area (Å²) >= 11 is 0. The van der Waals surface area contributed by atoms with Gasteiger partial charge in [-0.15, -0.1) is 0 Å². The second-order valence-corrected chi connectivity index (χ2v) is 11.7. The Kier molecular flexibility index (Phi) is 9.95. The van der Waals surface area contributed by atoms with Crippen LogP contribution in [0.25, 0.3) is 11.2 Å². The van der Waals surface area contributed by atoms with E-state index in [9.17, 15) is 19.6 Å². The molecular formula is C26H38N6O8P+. The van der Waals surface area contributed by atoms with Crippen molar-refractivity contribution < 1.29 is 42.7 Å². The monoisotopic (exact) mass is 593 g/mol. The fraction of sp³-hybridized carbons (Fsp3) is 0.538. The van der Waals surface area contributed by atoms with Gasteiger partial charge in [0.15, 0.2) is 11.7 Å². The van der Waals surface area contributed by atoms with Crippen molar-refractivity contribution in [1.82, 2.24) is 19.6 Å². The third kappa shape index (κ3) is 7.03. The number of nitrogen functional groups attached to an aromatic ring is 1. The summed E-state index contributed by atoms with van der Waals surface area (Å²) in [7, 11) is -2.50. The van der Waals surface area contributed by atoms with Crippen LogP contribution in [-0.2, 0) is 30.4 Å². The molecule has 41 heavy (non-hydrogen) atoms. The number of imidazole rings is 1. The van der Waals surface area contributed by atoms with Crippen LogP contribution in [0.15, 0.2) is 43.0 Å². The summed E-state index contributed by atoms with van der Waals surface area (Å²) in [5.41, 5.74) is 6.82. The lowest BCUT2D eigenvalue weighted by Crippen LogP contribution is -2.37. The van der Waals surface area contributed by atoms with E-state index in [2.05, 4.69) is 15.1 Å². The van der Waals surface area contributed by atoms with Gasteiger partial charge in [-0.3, -0.25) is 13.9 Å². The lowest BCUT2D eigenvalue weighted by atomic mass is 10.1. The maximum Gasteiger partial charge on any atom is 0.459 e. The average molecular weight is 594 g/mol. The summed E-state index contributed by atoms with van der Waals surface area (Å²) in [5.74, 6) is 0.196. The number of carbonyl (C=O) groups excluding carboxylic acids is 1. The maximum absolute atomic E-state index is 13.8. The third-order valence-corrected chi connectivity index (χ3v) is 8.70. The predicted molar refractivity (Wildman–Crippen MR) is 147 cm³/mol. The molecule has 0 radical (unpaired) electrons. The van der Waals surface area contributed by atoms with E-state index in [0.29, 0.717) is 17.0 Å². The summed E-state index contributed by atoms with van der Waals surface area (Å²) in [5, 5.41) is 24.2. The van der Waals surface area contributed by atoms with E-state index >= 15 is 0 Å². The molecule has 224 valence electrons. The van der Waals surface area contributed by atoms with Crippen LogP contribution in [0.3, 0.4) is 0 Å². The van der Waals surface area contributed by atoms with Crippen molar-refractivity contribution >= 4 is 30.7 Å². The minimum atomic E-state index is -4.22. The molecule has 0 bridgehead atoms. The molecule has 5 N–H and O–H groups in total. The number of aromatic nitrogens is 4. The number of esters is 1. The van der Waals surface area contributed by atoms with Crippen molar-refractivity contribution in [2.45, 2.75) is 64.2 Å². The fourth-order valence-electron chi connectivity index (χ4n) is 4.34. The first-order valence-electron chi connectivity index (χ1n) is 13.5. The highest BCUT2D eigenvalue weighted by Crippen LogP contribution is 2.46. The SMILES string of the molecule is CCC(CC)COC(=O)C(C)NP(=O)(OC[C@H]1O[C@@H](n2cnc3c(N)[n+](C)cnc32)C(O)[C@H]1O)Oc1ccccc1. The smallest absolute Gasteiger partial charge is 0.459 e. The summed E-state index contributed by atoms with van der Waals surface area (Å²) < 4.78 is 39.5. The molecule has 1 aliphatic rings. The molecule has 14 nitrogen and oxygen atoms in total. The normalized spacial score (nSPS) is 23.0. The predicted octanol–water partition coefficient (Wildman–Crippen LogP) is 1.62. The van der Waals surface area contributed by atoms with Crippen LogP contribution in [0.2, 0.25) is 0 Å². The highest BCUT2D eigenvalue weighted by molar-refractivity contribution is 7.52. The Hall–Kier alpha value is -3.13. The van der Waals surface area contributed by atoms with E-state index in [1.807, 2.05) is 13.8 Å². The molecule has 6 atom stereocenters. The molecule has 3 heterocycles. The zero-order chi connectivity index (χ0) is 29.7. The molecule has 1 fully saturated rings. The summed E-state index contributed by atoms with van der Waals surface area (Å²) in [6.45, 7) is 5.32. The lowest BCUT2D eigenvalue weighted by Gasteiger charge is -2.25. The number of anilines is 1. The summed E-state index contributed by atoms with van der Waals surface area (Å²) in [6, 6.07) is 7.26. The highest BCUT2D eigenvalue weighted by Gasteiger charge is 2.46. The standard InChI is InChI=1S/C26H37N6O8P/c1-5-17(6-2)12-37-26(35)16(3)30-41(36,40-18-10-8-7-9-11-18)38-13-19-21(33)22(34)25(39-19)32-15-28-20-23(27)31(4)14-29-24(20)32/h7-11,14-17,19,21-22,25,27,33-34H,5-6,12-13H2,1-4H3,(H,30,36)/p+1/t16?,19-,21+,22?,25-,41?/m1/s1. The first-order valence-corrected chi connectivity index (χ1v) is 15.0. The Labute approximate surface area is 238 Å². The average Bonchev–Trinajstić information content (AvgIpc) is 3.51. The lowest BCUT2D eigenvalue weighted by molar-refractivity contribution is -0.658. The first kappa shape index (κ1) is 30.8. The minimum absolute atomic E-state index is 0.220. The molecule has 1 aliphatic heterocycles. The number of ether oxygens (including phenoxy) is 2. The molecule has 4 rings (SSSR count). The Bertz CT molecular complexity index is 1370. The summed E-state index contributed by atoms with van der Waals surface area (Å²) in [6.07, 6.45) is -0.385. The number of nitrogens with two attached hydrogens (primary N) is 1. The number of nitrogens with zero attached hydrogens (tertiary/aromatic N) is 4. The van der Waals surface area contributed by atoms with E-state index in [1.165, 1.54) is 24.1 Å². The van der Waals surface area contributed by atoms with Gasteiger partial charge in [0.2, 0.25) is 12.0 Å². The zero-order valence-corrected chi connectivity index (χ0v) is 24.4. The van der Waals surface area contributed by atoms with Gasteiger partial charge in [-0.05, 0) is 25.0 Å². The van der Waals surface area contributed by atoms with Crippen LogP contribution < -0.4 is 19.9 Å². The molecule has 1 aromatic carbocycles. The largest absolute Gasteiger partial charge is 0.464 e. The van der Waals surface area contributed by atoms with Gasteiger partial charge in [0.1, 0.15) is 36.4 Å². The minimum Gasteiger partial charge on any atom is -0.464 e. The molecule has 1 saturated heterocycles. The maximum atomic E-state index is 13.8. The van der Waals surface area contributed by atoms with Gasteiger partial charge in [-0.2, -0.15) is 5.09 Å². The zero-order valence-electron chi connectivity index (χ0n) is 23.5. The molecule has 0 amide bonds. The van der Waals surface area contributed by atoms with Crippen LogP contribution in [-0.4, -0.2) is 68.3 Å². The van der Waals surface area contributed by atoms with Gasteiger partial charge in [-0.1, -0.05) is 49.9 Å². The van der Waals surface area contributed by atoms with Gasteiger partial charge < -0.3 is 29.9 Å². The molecular weight excluding hydrogens is 555 g/mol. The van der Waals surface area contributed by atoms with Crippen molar-refractivity contribution in [2.24, 2.45) is 13.0 Å². The Balaban J connectivity index is 1.47. The van der Waals surface area contributed by atoms with Crippen molar-refractivity contribution in [3.63, 3.8) is 0 Å². The number of hydrogen-bond acceptors (Lipinski definition) is 11. The number of fused-ring (bicyclic) bond motifs is 1. The number of benzene rings is 1. The third-order valence-electron chi connectivity index (χ3n) is 7.05. The van der Waals surface area contributed by atoms with E-state index < -0.39 is 50.9 Å². The molecule has 0 saturated carbocycles. The van der Waals surface area contributed by atoms with Gasteiger partial charge >= 0.3 is 13.7 Å². The van der Waals surface area contributed by atoms with Gasteiger partial charge in [-0.25, -0.2) is 14.1 Å². The highest BCUT2D eigenvalue weighted by atomic mass is 31.2. The molecule has 2 aromatic heterocycles. The van der Waals surface area contributed by atoms with E-state index in [-0.39, 0.29) is 18.3 Å². The van der Waals surface area contributed by atoms with Crippen molar-refractivity contribution in [3.8, 4) is 5.75 Å². The summed E-state index contributed by atoms with van der Waals surface area (Å²) in [4.78, 5) is 21.2. The number of carbonyl (C=O) groups is 1. The number of aliphatic hydroxyl groups is 2. The number of aryl methyl sites for hydroxylation is 1. The van der Waals surface area contributed by atoms with E-state index in [4.69, 9.17) is 24.3 Å². The molecule has 3 unspecified atom stereocenters. The van der Waals surface area contributed by atoms with E-state index in [1.54, 1.807) is 41.9 Å². The van der Waals surface area contributed by atoms with Crippen LogP contribution in [0.4, 0.5) is 5.82 Å². The number of aliphatic hydroxyl groups excluding tert-OH is 2. The van der Waals surface area contributed by atoms with Crippen molar-refractivity contribution in [2.75, 3.05) is 18.9 Å². The first-order chi connectivity index (χ1) is 19.6. The second-order valence-electron chi connectivity index (χ2n) is 9.97. The Morgan fingerprint density at radius 2 is 1.93 bits per heavy atom. The number of hydrogen-bond donors (Lipinski definition) is 4. The van der Waals surface area contributed by atoms with Crippen LogP contribution in [0.1, 0.15) is 39.8 Å². The Morgan fingerprint density at radius 1 is 1.22 bits per heavy atom. The van der Waals surface area contributed by atoms with Crippen molar-refractivity contribution in [3.05, 3.63) is 43.0 Å². The van der Waals surface area contributed by atoms with Gasteiger partial charge in [0.25, 0.3) is 5.82 Å². The van der Waals surface area contributed by atoms with Crippen molar-refractivity contribution in [1.29, 1.82) is 0 Å². The number of rotatable bonds is 13. The topological polar surface area (TPSA) is 184 Å². The molecule has 3 aromatic rings. The van der Waals surface area contributed by atoms with E-state index in [0.717, 1.165) is 12.8 Å². The van der Waals surface area contributed by atoms with Crippen LogP contribution in [0.5, 0.6) is 5.75 Å². The van der Waals surface area contributed by atoms with Gasteiger partial charge in [0.05, 0.1) is 20.3 Å². The van der Waals surface area contributed by atoms with Crippen LogP contribution >= 0.6 is 7.75 Å². The second kappa shape index (κ2) is 13.2. The number of nitrogens with one attached hydrogen (secondary N) is 1. The fourth-order valence-corrected chi connectivity index (χ4v) is 5.84. The van der Waals surface area contributed by atoms with Gasteiger partial charge in [0, 0.05) is 0 Å². The quantitative estimate of drug-likeness (QED) is 0.128.